The molecule has 1 aliphatic carbocycles. The summed E-state index contributed by atoms with van der Waals surface area (Å²) in [5, 5.41) is 0.976. The average Bonchev–Trinajstić information content (AvgIpc) is 3.22. The van der Waals surface area contributed by atoms with Gasteiger partial charge in [0.25, 0.3) is 0 Å². The first-order valence-electron chi connectivity index (χ1n) is 6.56. The smallest absolute Gasteiger partial charge is 0.214 e. The molecular weight excluding hydrogens is 256 g/mol. The maximum atomic E-state index is 5.78. The van der Waals surface area contributed by atoms with Gasteiger partial charge in [-0.05, 0) is 18.4 Å². The zero-order valence-corrected chi connectivity index (χ0v) is 11.5. The van der Waals surface area contributed by atoms with Gasteiger partial charge in [-0.2, -0.15) is 0 Å². The van der Waals surface area contributed by atoms with Gasteiger partial charge in [-0.25, -0.2) is 4.98 Å². The molecule has 19 heavy (non-hydrogen) atoms. The van der Waals surface area contributed by atoms with Gasteiger partial charge in [0, 0.05) is 17.0 Å². The van der Waals surface area contributed by atoms with Crippen molar-refractivity contribution in [1.82, 2.24) is 4.98 Å². The molecule has 0 unspecified atom stereocenters. The fraction of sp³-hybridized carbons (Fsp3) is 0.333. The fourth-order valence-electron chi connectivity index (χ4n) is 2.17. The molecule has 1 heterocycles. The summed E-state index contributed by atoms with van der Waals surface area (Å²) in [5.74, 6) is 1.47. The molecule has 3 rings (SSSR count). The number of aromatic nitrogens is 1. The Morgan fingerprint density at radius 2 is 2.16 bits per heavy atom. The molecule has 1 aromatic carbocycles. The van der Waals surface area contributed by atoms with Gasteiger partial charge in [0.15, 0.2) is 0 Å². The van der Waals surface area contributed by atoms with Crippen LogP contribution in [0, 0.1) is 5.92 Å². The van der Waals surface area contributed by atoms with Gasteiger partial charge < -0.3 is 10.5 Å². The molecule has 0 aliphatic heterocycles. The number of nitrogens with zero attached hydrogens (tertiary/aromatic N) is 1. The van der Waals surface area contributed by atoms with Crippen LogP contribution in [0.1, 0.15) is 24.8 Å². The third-order valence-corrected chi connectivity index (χ3v) is 3.65. The van der Waals surface area contributed by atoms with Crippen LogP contribution in [0.25, 0.3) is 10.9 Å². The highest BCUT2D eigenvalue weighted by atomic mass is 32.1. The van der Waals surface area contributed by atoms with E-state index in [4.69, 9.17) is 22.7 Å². The van der Waals surface area contributed by atoms with Crippen molar-refractivity contribution in [1.29, 1.82) is 0 Å². The second kappa shape index (κ2) is 5.13. The molecule has 3 nitrogen and oxygen atoms in total. The number of rotatable bonds is 5. The molecule has 0 atom stereocenters. The molecule has 1 aliphatic rings. The molecule has 0 amide bonds. The van der Waals surface area contributed by atoms with E-state index < -0.39 is 0 Å². The Hall–Kier alpha value is -1.68. The Balaban J connectivity index is 1.88. The van der Waals surface area contributed by atoms with Crippen molar-refractivity contribution >= 4 is 28.1 Å². The van der Waals surface area contributed by atoms with E-state index in [2.05, 4.69) is 4.98 Å². The maximum absolute atomic E-state index is 5.78. The number of nitrogens with two attached hydrogens (primary N) is 1. The lowest BCUT2D eigenvalue weighted by Gasteiger charge is -2.09. The molecule has 98 valence electrons. The van der Waals surface area contributed by atoms with Crippen molar-refractivity contribution in [3.8, 4) is 5.88 Å². The van der Waals surface area contributed by atoms with Gasteiger partial charge in [0.2, 0.25) is 5.88 Å². The SMILES string of the molecule is NC(=S)c1cc(OCCC2CC2)nc2ccccc12. The second-order valence-electron chi connectivity index (χ2n) is 4.97. The fourth-order valence-corrected chi connectivity index (χ4v) is 2.33. The number of thiocarbonyl (C=S) groups is 1. The number of benzene rings is 1. The minimum absolute atomic E-state index is 0.380. The highest BCUT2D eigenvalue weighted by Gasteiger charge is 2.20. The third-order valence-electron chi connectivity index (χ3n) is 3.43. The van der Waals surface area contributed by atoms with E-state index in [1.165, 1.54) is 12.8 Å². The van der Waals surface area contributed by atoms with E-state index in [0.717, 1.165) is 28.8 Å². The summed E-state index contributed by atoms with van der Waals surface area (Å²) >= 11 is 5.11. The van der Waals surface area contributed by atoms with Crippen LogP contribution in [-0.4, -0.2) is 16.6 Å². The molecule has 1 fully saturated rings. The minimum atomic E-state index is 0.380. The van der Waals surface area contributed by atoms with Crippen molar-refractivity contribution in [2.45, 2.75) is 19.3 Å². The molecule has 1 saturated carbocycles. The van der Waals surface area contributed by atoms with Crippen LogP contribution in [0.4, 0.5) is 0 Å². The average molecular weight is 272 g/mol. The minimum Gasteiger partial charge on any atom is -0.478 e. The largest absolute Gasteiger partial charge is 0.478 e. The molecule has 2 aromatic rings. The van der Waals surface area contributed by atoms with Crippen molar-refractivity contribution in [3.05, 3.63) is 35.9 Å². The van der Waals surface area contributed by atoms with E-state index in [1.54, 1.807) is 0 Å². The molecule has 0 spiro atoms. The lowest BCUT2D eigenvalue weighted by atomic mass is 10.1. The van der Waals surface area contributed by atoms with E-state index in [9.17, 15) is 0 Å². The number of fused-ring (bicyclic) bond motifs is 1. The van der Waals surface area contributed by atoms with Crippen molar-refractivity contribution in [2.75, 3.05) is 6.61 Å². The van der Waals surface area contributed by atoms with Gasteiger partial charge in [-0.1, -0.05) is 43.3 Å². The first-order valence-corrected chi connectivity index (χ1v) is 6.97. The Morgan fingerprint density at radius 3 is 2.89 bits per heavy atom. The number of pyridine rings is 1. The van der Waals surface area contributed by atoms with Crippen LogP contribution in [0.5, 0.6) is 5.88 Å². The second-order valence-corrected chi connectivity index (χ2v) is 5.41. The topological polar surface area (TPSA) is 48.1 Å². The summed E-state index contributed by atoms with van der Waals surface area (Å²) < 4.78 is 5.73. The van der Waals surface area contributed by atoms with E-state index >= 15 is 0 Å². The van der Waals surface area contributed by atoms with Crippen molar-refractivity contribution < 1.29 is 4.74 Å². The standard InChI is InChI=1S/C15H16N2OS/c16-15(19)12-9-14(18-8-7-10-5-6-10)17-13-4-2-1-3-11(12)13/h1-4,9-10H,5-8H2,(H2,16,19). The molecular formula is C15H16N2OS. The number of ether oxygens (including phenoxy) is 1. The summed E-state index contributed by atoms with van der Waals surface area (Å²) in [6.07, 6.45) is 3.79. The third kappa shape index (κ3) is 2.84. The maximum Gasteiger partial charge on any atom is 0.214 e. The first-order chi connectivity index (χ1) is 9.24. The van der Waals surface area contributed by atoms with Gasteiger partial charge in [-0.3, -0.25) is 0 Å². The molecule has 4 heteroatoms. The van der Waals surface area contributed by atoms with E-state index in [1.807, 2.05) is 30.3 Å². The number of hydrogen-bond donors (Lipinski definition) is 1. The summed E-state index contributed by atoms with van der Waals surface area (Å²) in [4.78, 5) is 4.88. The molecule has 0 radical (unpaired) electrons. The van der Waals surface area contributed by atoms with Crippen molar-refractivity contribution in [3.63, 3.8) is 0 Å². The Kier molecular flexibility index (Phi) is 3.34. The first kappa shape index (κ1) is 12.4. The van der Waals surface area contributed by atoms with E-state index in [0.29, 0.717) is 17.5 Å². The summed E-state index contributed by atoms with van der Waals surface area (Å²) in [5.41, 5.74) is 7.49. The zero-order valence-electron chi connectivity index (χ0n) is 10.6. The highest BCUT2D eigenvalue weighted by molar-refractivity contribution is 7.80. The molecule has 0 bridgehead atoms. The predicted molar refractivity (Wildman–Crippen MR) is 80.5 cm³/mol. The Bertz CT molecular complexity index is 623. The number of hydrogen-bond acceptors (Lipinski definition) is 3. The van der Waals surface area contributed by atoms with Crippen LogP contribution in [-0.2, 0) is 0 Å². The van der Waals surface area contributed by atoms with Crippen LogP contribution < -0.4 is 10.5 Å². The Labute approximate surface area is 117 Å². The zero-order chi connectivity index (χ0) is 13.2. The lowest BCUT2D eigenvalue weighted by molar-refractivity contribution is 0.292. The van der Waals surface area contributed by atoms with E-state index in [-0.39, 0.29) is 0 Å². The van der Waals surface area contributed by atoms with Crippen LogP contribution in [0.15, 0.2) is 30.3 Å². The Morgan fingerprint density at radius 1 is 1.37 bits per heavy atom. The lowest BCUT2D eigenvalue weighted by Crippen LogP contribution is -2.11. The highest BCUT2D eigenvalue weighted by Crippen LogP contribution is 2.32. The van der Waals surface area contributed by atoms with Crippen molar-refractivity contribution in [2.24, 2.45) is 11.7 Å². The summed E-state index contributed by atoms with van der Waals surface area (Å²) in [6, 6.07) is 9.68. The van der Waals surface area contributed by atoms with Gasteiger partial charge >= 0.3 is 0 Å². The van der Waals surface area contributed by atoms with Crippen LogP contribution >= 0.6 is 12.2 Å². The molecule has 0 saturated heterocycles. The van der Waals surface area contributed by atoms with Gasteiger partial charge in [0.1, 0.15) is 4.99 Å². The molecule has 2 N–H and O–H groups in total. The normalized spacial score (nSPS) is 14.5. The number of para-hydroxylation sites is 1. The summed E-state index contributed by atoms with van der Waals surface area (Å²) in [6.45, 7) is 0.715. The van der Waals surface area contributed by atoms with Crippen LogP contribution in [0.3, 0.4) is 0 Å². The monoisotopic (exact) mass is 272 g/mol. The van der Waals surface area contributed by atoms with Gasteiger partial charge in [-0.15, -0.1) is 0 Å². The summed E-state index contributed by atoms with van der Waals surface area (Å²) in [7, 11) is 0. The van der Waals surface area contributed by atoms with Gasteiger partial charge in [0.05, 0.1) is 12.1 Å². The van der Waals surface area contributed by atoms with Crippen LogP contribution in [0.2, 0.25) is 0 Å². The quantitative estimate of drug-likeness (QED) is 0.850. The predicted octanol–water partition coefficient (Wildman–Crippen LogP) is 3.05. The molecule has 1 aromatic heterocycles.